The summed E-state index contributed by atoms with van der Waals surface area (Å²) in [5.41, 5.74) is 0.375. The topological polar surface area (TPSA) is 14.1 Å². The summed E-state index contributed by atoms with van der Waals surface area (Å²) in [4.78, 5) is 0. The number of rotatable bonds is 0. The molecule has 0 bridgehead atoms. The summed E-state index contributed by atoms with van der Waals surface area (Å²) in [5, 5.41) is 4.03. The van der Waals surface area contributed by atoms with Gasteiger partial charge >= 0.3 is 0 Å². The molecule has 58 valence electrons. The van der Waals surface area contributed by atoms with E-state index in [0.717, 1.165) is 6.54 Å². The van der Waals surface area contributed by atoms with Gasteiger partial charge < -0.3 is 5.32 Å². The fraction of sp³-hybridized carbons (Fsp3) is 1.00. The van der Waals surface area contributed by atoms with Gasteiger partial charge in [-0.3, -0.25) is 0 Å². The maximum absolute atomic E-state index is 4.03. The first-order chi connectivity index (χ1) is 2.21. The average molecular weight is 237 g/mol. The normalized spacial score (nSPS) is 16.7. The Labute approximate surface area is 77.6 Å². The molecule has 1 fully saturated rings. The molecule has 1 heterocycles. The van der Waals surface area contributed by atoms with E-state index in [-0.39, 0.29) is 46.2 Å². The van der Waals surface area contributed by atoms with E-state index in [9.17, 15) is 0 Å². The third-order valence-electron chi connectivity index (χ3n) is 0.791. The molecule has 4 radical (unpaired) electrons. The standard InChI is InChI=1S/C4H8N.3CH4.Sn/c1-4(2)3-5-4;;;;/h3H2,1-2H3;3*1H4;/q-1;;;;. The van der Waals surface area contributed by atoms with Gasteiger partial charge in [0.25, 0.3) is 0 Å². The third kappa shape index (κ3) is 12.1. The maximum atomic E-state index is 4.03. The summed E-state index contributed by atoms with van der Waals surface area (Å²) in [7, 11) is 0. The van der Waals surface area contributed by atoms with Crippen LogP contribution in [0.3, 0.4) is 0 Å². The molecule has 1 aliphatic heterocycles. The van der Waals surface area contributed by atoms with Gasteiger partial charge in [0.15, 0.2) is 0 Å². The van der Waals surface area contributed by atoms with Crippen LogP contribution in [0.4, 0.5) is 0 Å². The molecule has 0 aromatic carbocycles. The molecule has 0 aromatic rings. The zero-order chi connectivity index (χ0) is 3.91. The zero-order valence-corrected chi connectivity index (χ0v) is 7.01. The van der Waals surface area contributed by atoms with Crippen molar-refractivity contribution in [2.45, 2.75) is 41.7 Å². The Kier molecular flexibility index (Phi) is 17.2. The summed E-state index contributed by atoms with van der Waals surface area (Å²) in [6, 6.07) is 0. The fourth-order valence-corrected chi connectivity index (χ4v) is 0.158. The van der Waals surface area contributed by atoms with Crippen LogP contribution in [-0.4, -0.2) is 36.0 Å². The van der Waals surface area contributed by atoms with Gasteiger partial charge in [-0.05, 0) is 0 Å². The monoisotopic (exact) mass is 238 g/mol. The van der Waals surface area contributed by atoms with Gasteiger partial charge in [-0.1, -0.05) is 36.1 Å². The van der Waals surface area contributed by atoms with Crippen molar-refractivity contribution in [2.24, 2.45) is 0 Å². The summed E-state index contributed by atoms with van der Waals surface area (Å²) >= 11 is 0. The van der Waals surface area contributed by atoms with Gasteiger partial charge in [-0.2, -0.15) is 6.54 Å². The smallest absolute Gasteiger partial charge is 0 e. The Bertz CT molecular complexity index is 46.9. The minimum Gasteiger partial charge on any atom is -0.660 e. The van der Waals surface area contributed by atoms with E-state index in [0.29, 0.717) is 5.54 Å². The largest absolute Gasteiger partial charge is 0.660 e. The molecule has 9 heavy (non-hydrogen) atoms. The SMILES string of the molecule is C.C.C.CC1(C)C[N-]1.[Sn]. The molecule has 2 heteroatoms. The minimum absolute atomic E-state index is 0. The van der Waals surface area contributed by atoms with Gasteiger partial charge in [0.2, 0.25) is 0 Å². The van der Waals surface area contributed by atoms with Crippen molar-refractivity contribution >= 4 is 23.9 Å². The first-order valence-electron chi connectivity index (χ1n) is 1.89. The Balaban J connectivity index is -0.0000000312. The van der Waals surface area contributed by atoms with Crippen LogP contribution in [0.25, 0.3) is 5.32 Å². The molecule has 0 N–H and O–H groups in total. The van der Waals surface area contributed by atoms with Gasteiger partial charge in [0, 0.05) is 23.9 Å². The summed E-state index contributed by atoms with van der Waals surface area (Å²) in [5.74, 6) is 0. The van der Waals surface area contributed by atoms with Crippen molar-refractivity contribution < 1.29 is 0 Å². The van der Waals surface area contributed by atoms with Crippen molar-refractivity contribution in [2.75, 3.05) is 6.54 Å². The first kappa shape index (κ1) is 22.6. The van der Waals surface area contributed by atoms with E-state index in [1.165, 1.54) is 0 Å². The van der Waals surface area contributed by atoms with E-state index < -0.39 is 0 Å². The molecule has 1 aliphatic rings. The Morgan fingerprint density at radius 2 is 1.22 bits per heavy atom. The van der Waals surface area contributed by atoms with Crippen molar-refractivity contribution in [1.82, 2.24) is 0 Å². The molecule has 1 nitrogen and oxygen atoms in total. The van der Waals surface area contributed by atoms with Crippen LogP contribution in [0.5, 0.6) is 0 Å². The average Bonchev–Trinajstić information content (AvgIpc) is 1.76. The van der Waals surface area contributed by atoms with Gasteiger partial charge in [0.05, 0.1) is 0 Å². The molecule has 0 aromatic heterocycles. The van der Waals surface area contributed by atoms with E-state index in [4.69, 9.17) is 0 Å². The second-order valence-corrected chi connectivity index (χ2v) is 2.13. The third-order valence-corrected chi connectivity index (χ3v) is 0.791. The van der Waals surface area contributed by atoms with E-state index >= 15 is 0 Å². The molecule has 1 saturated heterocycles. The van der Waals surface area contributed by atoms with Gasteiger partial charge in [-0.15, -0.1) is 5.54 Å². The van der Waals surface area contributed by atoms with E-state index in [2.05, 4.69) is 19.2 Å². The number of nitrogens with zero attached hydrogens (tertiary/aromatic N) is 1. The molecular weight excluding hydrogens is 217 g/mol. The predicted octanol–water partition coefficient (Wildman–Crippen LogP) is 2.68. The predicted molar refractivity (Wildman–Crippen MR) is 48.3 cm³/mol. The molecule has 0 saturated carbocycles. The van der Waals surface area contributed by atoms with Crippen molar-refractivity contribution in [3.63, 3.8) is 0 Å². The Morgan fingerprint density at radius 1 is 1.11 bits per heavy atom. The van der Waals surface area contributed by atoms with Crippen LogP contribution >= 0.6 is 0 Å². The molecular formula is C7H20NSn-. The van der Waals surface area contributed by atoms with E-state index in [1.54, 1.807) is 0 Å². The van der Waals surface area contributed by atoms with Crippen LogP contribution in [0.1, 0.15) is 36.1 Å². The van der Waals surface area contributed by atoms with E-state index in [1.807, 2.05) is 0 Å². The number of hydrogen-bond acceptors (Lipinski definition) is 0. The van der Waals surface area contributed by atoms with Gasteiger partial charge in [0.1, 0.15) is 0 Å². The summed E-state index contributed by atoms with van der Waals surface area (Å²) in [6.07, 6.45) is 0. The molecule has 0 amide bonds. The van der Waals surface area contributed by atoms with Crippen LogP contribution in [0.15, 0.2) is 0 Å². The van der Waals surface area contributed by atoms with Crippen LogP contribution in [0, 0.1) is 0 Å². The first-order valence-corrected chi connectivity index (χ1v) is 1.89. The van der Waals surface area contributed by atoms with Crippen LogP contribution < -0.4 is 0 Å². The van der Waals surface area contributed by atoms with Crippen molar-refractivity contribution in [3.05, 3.63) is 5.32 Å². The Morgan fingerprint density at radius 3 is 1.22 bits per heavy atom. The second-order valence-electron chi connectivity index (χ2n) is 2.13. The Hall–Kier alpha value is 0.759. The molecule has 0 aliphatic carbocycles. The van der Waals surface area contributed by atoms with Gasteiger partial charge in [-0.25, -0.2) is 0 Å². The quantitative estimate of drug-likeness (QED) is 0.454. The maximum Gasteiger partial charge on any atom is 0 e. The van der Waals surface area contributed by atoms with Crippen LogP contribution in [0.2, 0.25) is 0 Å². The van der Waals surface area contributed by atoms with Crippen molar-refractivity contribution in [3.8, 4) is 0 Å². The van der Waals surface area contributed by atoms with Crippen LogP contribution in [-0.2, 0) is 0 Å². The molecule has 0 spiro atoms. The molecule has 1 rings (SSSR count). The second kappa shape index (κ2) is 6.87. The number of hydrogen-bond donors (Lipinski definition) is 0. The molecule has 0 atom stereocenters. The fourth-order valence-electron chi connectivity index (χ4n) is 0.158. The zero-order valence-electron chi connectivity index (χ0n) is 4.15. The minimum atomic E-state index is 0. The summed E-state index contributed by atoms with van der Waals surface area (Å²) < 4.78 is 0. The van der Waals surface area contributed by atoms with Crippen molar-refractivity contribution in [1.29, 1.82) is 0 Å². The molecule has 0 unspecified atom stereocenters. The summed E-state index contributed by atoms with van der Waals surface area (Å²) in [6.45, 7) is 5.34.